The summed E-state index contributed by atoms with van der Waals surface area (Å²) in [6.45, 7) is 7.62. The van der Waals surface area contributed by atoms with Gasteiger partial charge in [-0.2, -0.15) is 0 Å². The molecule has 0 unspecified atom stereocenters. The number of unbranched alkanes of at least 4 members (excludes halogenated alkanes) is 1. The van der Waals surface area contributed by atoms with Crippen molar-refractivity contribution in [1.82, 2.24) is 0 Å². The molecule has 0 aromatic heterocycles. The summed E-state index contributed by atoms with van der Waals surface area (Å²) in [5, 5.41) is 16.6. The SMILES string of the molecule is CC(C)(C)O.CCCCO.[Li]. The summed E-state index contributed by atoms with van der Waals surface area (Å²) in [5.41, 5.74) is -0.500. The third-order valence-corrected chi connectivity index (χ3v) is 0.512. The average molecular weight is 155 g/mol. The Hall–Kier alpha value is 0.517. The molecule has 0 aliphatic carbocycles. The zero-order valence-electron chi connectivity index (χ0n) is 8.52. The molecule has 0 aromatic carbocycles. The van der Waals surface area contributed by atoms with E-state index in [2.05, 4.69) is 6.92 Å². The van der Waals surface area contributed by atoms with Crippen LogP contribution in [0.3, 0.4) is 0 Å². The Balaban J connectivity index is -0.000000107. The normalized spacial score (nSPS) is 9.27. The van der Waals surface area contributed by atoms with Crippen molar-refractivity contribution in [2.45, 2.75) is 46.1 Å². The monoisotopic (exact) mass is 155 g/mol. The third kappa shape index (κ3) is 120. The molecule has 0 atom stereocenters. The van der Waals surface area contributed by atoms with E-state index in [0.29, 0.717) is 6.61 Å². The first kappa shape index (κ1) is 17.6. The largest absolute Gasteiger partial charge is 0.396 e. The molecule has 11 heavy (non-hydrogen) atoms. The van der Waals surface area contributed by atoms with Crippen LogP contribution in [0.4, 0.5) is 0 Å². The maximum atomic E-state index is 8.52. The molecular weight excluding hydrogens is 135 g/mol. The summed E-state index contributed by atoms with van der Waals surface area (Å²) in [6, 6.07) is 0. The fourth-order valence-electron chi connectivity index (χ4n) is 0.158. The first-order valence-corrected chi connectivity index (χ1v) is 3.75. The fourth-order valence-corrected chi connectivity index (χ4v) is 0.158. The van der Waals surface area contributed by atoms with Crippen molar-refractivity contribution >= 4 is 18.9 Å². The van der Waals surface area contributed by atoms with Crippen molar-refractivity contribution < 1.29 is 10.2 Å². The summed E-state index contributed by atoms with van der Waals surface area (Å²) in [5.74, 6) is 0. The molecule has 0 heterocycles. The molecule has 0 rings (SSSR count). The summed E-state index contributed by atoms with van der Waals surface area (Å²) in [6.07, 6.45) is 2.04. The molecular formula is C8H20LiO2. The molecule has 1 radical (unpaired) electrons. The minimum absolute atomic E-state index is 0. The molecule has 0 amide bonds. The van der Waals surface area contributed by atoms with Crippen LogP contribution in [0.15, 0.2) is 0 Å². The second kappa shape index (κ2) is 10.5. The van der Waals surface area contributed by atoms with Gasteiger partial charge in [0.25, 0.3) is 0 Å². The molecule has 0 bridgehead atoms. The van der Waals surface area contributed by atoms with Crippen LogP contribution in [0.2, 0.25) is 0 Å². The van der Waals surface area contributed by atoms with Crippen molar-refractivity contribution in [2.24, 2.45) is 0 Å². The Morgan fingerprint density at radius 3 is 1.45 bits per heavy atom. The topological polar surface area (TPSA) is 40.5 Å². The first-order valence-electron chi connectivity index (χ1n) is 3.75. The number of hydrogen-bond acceptors (Lipinski definition) is 2. The molecule has 0 saturated heterocycles. The smallest absolute Gasteiger partial charge is 0.0563 e. The number of aliphatic hydroxyl groups excluding tert-OH is 1. The average Bonchev–Trinajstić information content (AvgIpc) is 1.63. The second-order valence-corrected chi connectivity index (χ2v) is 3.25. The molecule has 0 aliphatic rings. The Labute approximate surface area is 82.2 Å². The van der Waals surface area contributed by atoms with Gasteiger partial charge in [0.15, 0.2) is 0 Å². The van der Waals surface area contributed by atoms with Gasteiger partial charge >= 0.3 is 0 Å². The van der Waals surface area contributed by atoms with Crippen molar-refractivity contribution in [1.29, 1.82) is 0 Å². The van der Waals surface area contributed by atoms with Gasteiger partial charge in [-0.15, -0.1) is 0 Å². The van der Waals surface area contributed by atoms with Crippen LogP contribution in [0.5, 0.6) is 0 Å². The minimum Gasteiger partial charge on any atom is -0.396 e. The summed E-state index contributed by atoms with van der Waals surface area (Å²) >= 11 is 0. The molecule has 2 nitrogen and oxygen atoms in total. The van der Waals surface area contributed by atoms with E-state index >= 15 is 0 Å². The molecule has 0 saturated carbocycles. The number of hydrogen-bond donors (Lipinski definition) is 2. The van der Waals surface area contributed by atoms with E-state index in [1.165, 1.54) is 0 Å². The van der Waals surface area contributed by atoms with Crippen LogP contribution in [-0.2, 0) is 0 Å². The molecule has 0 aliphatic heterocycles. The van der Waals surface area contributed by atoms with Crippen LogP contribution < -0.4 is 0 Å². The van der Waals surface area contributed by atoms with E-state index < -0.39 is 5.60 Å². The van der Waals surface area contributed by atoms with Gasteiger partial charge in [-0.25, -0.2) is 0 Å². The minimum atomic E-state index is -0.500. The molecule has 0 spiro atoms. The van der Waals surface area contributed by atoms with Gasteiger partial charge in [0.1, 0.15) is 0 Å². The van der Waals surface area contributed by atoms with E-state index in [1.807, 2.05) is 0 Å². The van der Waals surface area contributed by atoms with Crippen LogP contribution in [0, 0.1) is 0 Å². The standard InChI is InChI=1S/2C4H10O.Li/c1-4(2,3)5;1-2-3-4-5;/h5H,1-3H3;5H,2-4H2,1H3;. The Bertz CT molecular complexity index is 51.6. The Kier molecular flexibility index (Phi) is 16.8. The second-order valence-electron chi connectivity index (χ2n) is 3.25. The van der Waals surface area contributed by atoms with Gasteiger partial charge in [0.05, 0.1) is 5.60 Å². The maximum Gasteiger partial charge on any atom is 0.0563 e. The van der Waals surface area contributed by atoms with Gasteiger partial charge in [0.2, 0.25) is 0 Å². The zero-order valence-corrected chi connectivity index (χ0v) is 8.52. The summed E-state index contributed by atoms with van der Waals surface area (Å²) in [4.78, 5) is 0. The van der Waals surface area contributed by atoms with Gasteiger partial charge in [-0.1, -0.05) is 13.3 Å². The van der Waals surface area contributed by atoms with Crippen LogP contribution in [0.25, 0.3) is 0 Å². The van der Waals surface area contributed by atoms with E-state index in [-0.39, 0.29) is 18.9 Å². The van der Waals surface area contributed by atoms with Gasteiger partial charge in [-0.05, 0) is 27.2 Å². The van der Waals surface area contributed by atoms with E-state index in [9.17, 15) is 0 Å². The predicted molar refractivity (Wildman–Crippen MR) is 49.7 cm³/mol. The number of rotatable bonds is 2. The quantitative estimate of drug-likeness (QED) is 0.588. The fraction of sp³-hybridized carbons (Fsp3) is 1.00. The molecule has 0 fully saturated rings. The van der Waals surface area contributed by atoms with Crippen LogP contribution in [0.1, 0.15) is 40.5 Å². The third-order valence-electron chi connectivity index (χ3n) is 0.512. The van der Waals surface area contributed by atoms with Crippen molar-refractivity contribution in [3.63, 3.8) is 0 Å². The number of aliphatic hydroxyl groups is 2. The zero-order chi connectivity index (χ0) is 8.62. The van der Waals surface area contributed by atoms with Crippen molar-refractivity contribution in [3.05, 3.63) is 0 Å². The predicted octanol–water partition coefficient (Wildman–Crippen LogP) is 1.18. The van der Waals surface area contributed by atoms with E-state index in [0.717, 1.165) is 12.8 Å². The summed E-state index contributed by atoms with van der Waals surface area (Å²) < 4.78 is 0. The molecule has 65 valence electrons. The van der Waals surface area contributed by atoms with Crippen molar-refractivity contribution in [3.8, 4) is 0 Å². The van der Waals surface area contributed by atoms with Gasteiger partial charge in [0, 0.05) is 25.5 Å². The summed E-state index contributed by atoms with van der Waals surface area (Å²) in [7, 11) is 0. The molecule has 3 heteroatoms. The van der Waals surface area contributed by atoms with Crippen LogP contribution in [-0.4, -0.2) is 41.3 Å². The van der Waals surface area contributed by atoms with Gasteiger partial charge in [-0.3, -0.25) is 0 Å². The van der Waals surface area contributed by atoms with E-state index in [1.54, 1.807) is 20.8 Å². The molecule has 0 aromatic rings. The van der Waals surface area contributed by atoms with Crippen LogP contribution >= 0.6 is 0 Å². The van der Waals surface area contributed by atoms with E-state index in [4.69, 9.17) is 10.2 Å². The Morgan fingerprint density at radius 1 is 1.18 bits per heavy atom. The Morgan fingerprint density at radius 2 is 1.45 bits per heavy atom. The maximum absolute atomic E-state index is 8.52. The van der Waals surface area contributed by atoms with Gasteiger partial charge < -0.3 is 10.2 Å². The molecule has 2 N–H and O–H groups in total. The van der Waals surface area contributed by atoms with Crippen molar-refractivity contribution in [2.75, 3.05) is 6.61 Å². The first-order chi connectivity index (χ1) is 4.41.